The second kappa shape index (κ2) is 7.42. The number of aryl methyl sites for hydroxylation is 1. The number of carbonyl (C=O) groups excluding carboxylic acids is 1. The van der Waals surface area contributed by atoms with Crippen LogP contribution in [-0.2, 0) is 0 Å². The van der Waals surface area contributed by atoms with E-state index in [4.69, 9.17) is 9.26 Å². The van der Waals surface area contributed by atoms with Crippen LogP contribution in [-0.4, -0.2) is 34.6 Å². The Morgan fingerprint density at radius 3 is 2.75 bits per heavy atom. The van der Waals surface area contributed by atoms with Crippen LogP contribution >= 0.6 is 0 Å². The van der Waals surface area contributed by atoms with Crippen molar-refractivity contribution in [3.8, 4) is 17.1 Å². The normalized spacial score (nSPS) is 16.4. The Labute approximate surface area is 161 Å². The SMILES string of the molecule is COc1ccc(-c2noc([C@H]3CCCN3C(=O)c3ccc(C)c(F)c3)n2)cc1. The Kier molecular flexibility index (Phi) is 4.81. The van der Waals surface area contributed by atoms with E-state index in [1.807, 2.05) is 24.3 Å². The van der Waals surface area contributed by atoms with Gasteiger partial charge in [-0.3, -0.25) is 4.79 Å². The van der Waals surface area contributed by atoms with Crippen LogP contribution in [0.4, 0.5) is 4.39 Å². The quantitative estimate of drug-likeness (QED) is 0.678. The van der Waals surface area contributed by atoms with Gasteiger partial charge < -0.3 is 14.2 Å². The fourth-order valence-corrected chi connectivity index (χ4v) is 3.39. The molecule has 2 heterocycles. The molecule has 1 aliphatic rings. The van der Waals surface area contributed by atoms with Gasteiger partial charge in [-0.2, -0.15) is 4.98 Å². The van der Waals surface area contributed by atoms with Crippen molar-refractivity contribution in [1.29, 1.82) is 0 Å². The fraction of sp³-hybridized carbons (Fsp3) is 0.286. The maximum atomic E-state index is 13.9. The number of carbonyl (C=O) groups is 1. The largest absolute Gasteiger partial charge is 0.497 e. The molecule has 1 saturated heterocycles. The van der Waals surface area contributed by atoms with E-state index in [1.165, 1.54) is 6.07 Å². The smallest absolute Gasteiger partial charge is 0.254 e. The molecule has 4 rings (SSSR count). The molecular weight excluding hydrogens is 361 g/mol. The Morgan fingerprint density at radius 1 is 1.25 bits per heavy atom. The minimum atomic E-state index is -0.388. The number of methoxy groups -OCH3 is 1. The minimum Gasteiger partial charge on any atom is -0.497 e. The molecule has 0 aliphatic carbocycles. The first-order chi connectivity index (χ1) is 13.6. The van der Waals surface area contributed by atoms with E-state index in [1.54, 1.807) is 31.1 Å². The maximum Gasteiger partial charge on any atom is 0.254 e. The Morgan fingerprint density at radius 2 is 2.04 bits per heavy atom. The van der Waals surface area contributed by atoms with Gasteiger partial charge in [0, 0.05) is 17.7 Å². The molecule has 1 amide bonds. The van der Waals surface area contributed by atoms with Crippen LogP contribution in [0.1, 0.15) is 40.7 Å². The van der Waals surface area contributed by atoms with Crippen LogP contribution in [0.2, 0.25) is 0 Å². The summed E-state index contributed by atoms with van der Waals surface area (Å²) in [5, 5.41) is 4.05. The molecule has 3 aromatic rings. The van der Waals surface area contributed by atoms with E-state index in [-0.39, 0.29) is 17.8 Å². The van der Waals surface area contributed by atoms with Gasteiger partial charge in [-0.15, -0.1) is 0 Å². The van der Waals surface area contributed by atoms with E-state index in [0.717, 1.165) is 24.2 Å². The molecule has 0 N–H and O–H groups in total. The minimum absolute atomic E-state index is 0.231. The maximum absolute atomic E-state index is 13.9. The average Bonchev–Trinajstić information content (AvgIpc) is 3.39. The van der Waals surface area contributed by atoms with Gasteiger partial charge in [0.15, 0.2) is 0 Å². The van der Waals surface area contributed by atoms with Crippen LogP contribution in [0.15, 0.2) is 47.0 Å². The van der Waals surface area contributed by atoms with Crippen molar-refractivity contribution >= 4 is 5.91 Å². The van der Waals surface area contributed by atoms with Crippen LogP contribution in [0.25, 0.3) is 11.4 Å². The van der Waals surface area contributed by atoms with Gasteiger partial charge in [-0.25, -0.2) is 4.39 Å². The van der Waals surface area contributed by atoms with Crippen LogP contribution in [0.3, 0.4) is 0 Å². The van der Waals surface area contributed by atoms with E-state index < -0.39 is 0 Å². The fourth-order valence-electron chi connectivity index (χ4n) is 3.39. The standard InChI is InChI=1S/C21H20FN3O3/c1-13-5-6-15(12-17(13)22)21(26)25-11-3-4-18(25)20-23-19(24-28-20)14-7-9-16(27-2)10-8-14/h5-10,12,18H,3-4,11H2,1-2H3/t18-/m1/s1. The van der Waals surface area contributed by atoms with Crippen molar-refractivity contribution in [3.05, 3.63) is 65.3 Å². The van der Waals surface area contributed by atoms with Gasteiger partial charge >= 0.3 is 0 Å². The van der Waals surface area contributed by atoms with Crippen molar-refractivity contribution in [2.24, 2.45) is 0 Å². The number of nitrogens with zero attached hydrogens (tertiary/aromatic N) is 3. The Bertz CT molecular complexity index is 1000. The number of rotatable bonds is 4. The van der Waals surface area contributed by atoms with E-state index >= 15 is 0 Å². The third kappa shape index (κ3) is 3.35. The number of hydrogen-bond donors (Lipinski definition) is 0. The summed E-state index contributed by atoms with van der Waals surface area (Å²) in [5.74, 6) is 0.972. The van der Waals surface area contributed by atoms with Gasteiger partial charge in [0.05, 0.1) is 7.11 Å². The topological polar surface area (TPSA) is 68.5 Å². The predicted octanol–water partition coefficient (Wildman–Crippen LogP) is 4.17. The zero-order chi connectivity index (χ0) is 19.7. The molecular formula is C21H20FN3O3. The van der Waals surface area contributed by atoms with Crippen LogP contribution in [0.5, 0.6) is 5.75 Å². The highest BCUT2D eigenvalue weighted by molar-refractivity contribution is 5.94. The van der Waals surface area contributed by atoms with Crippen molar-refractivity contribution < 1.29 is 18.4 Å². The Hall–Kier alpha value is -3.22. The van der Waals surface area contributed by atoms with Gasteiger partial charge in [-0.1, -0.05) is 11.2 Å². The third-order valence-electron chi connectivity index (χ3n) is 5.01. The summed E-state index contributed by atoms with van der Waals surface area (Å²) in [6.07, 6.45) is 1.55. The average molecular weight is 381 g/mol. The molecule has 0 saturated carbocycles. The molecule has 0 radical (unpaired) electrons. The van der Waals surface area contributed by atoms with Gasteiger partial charge in [0.2, 0.25) is 11.7 Å². The molecule has 1 aliphatic heterocycles. The summed E-state index contributed by atoms with van der Waals surface area (Å²) in [5.41, 5.74) is 1.63. The lowest BCUT2D eigenvalue weighted by Crippen LogP contribution is -2.30. The summed E-state index contributed by atoms with van der Waals surface area (Å²) in [6.45, 7) is 2.24. The zero-order valence-corrected chi connectivity index (χ0v) is 15.7. The number of amides is 1. The summed E-state index contributed by atoms with van der Waals surface area (Å²) >= 11 is 0. The van der Waals surface area contributed by atoms with E-state index in [2.05, 4.69) is 10.1 Å². The molecule has 1 aromatic heterocycles. The summed E-state index contributed by atoms with van der Waals surface area (Å²) in [6, 6.07) is 11.6. The van der Waals surface area contributed by atoms with Crippen molar-refractivity contribution in [3.63, 3.8) is 0 Å². The van der Waals surface area contributed by atoms with Gasteiger partial charge in [0.1, 0.15) is 17.6 Å². The lowest BCUT2D eigenvalue weighted by molar-refractivity contribution is 0.0709. The molecule has 6 nitrogen and oxygen atoms in total. The third-order valence-corrected chi connectivity index (χ3v) is 5.01. The molecule has 2 aromatic carbocycles. The van der Waals surface area contributed by atoms with Crippen molar-refractivity contribution in [2.45, 2.75) is 25.8 Å². The first-order valence-electron chi connectivity index (χ1n) is 9.12. The number of halogens is 1. The number of benzene rings is 2. The molecule has 144 valence electrons. The van der Waals surface area contributed by atoms with Crippen LogP contribution < -0.4 is 4.74 Å². The summed E-state index contributed by atoms with van der Waals surface area (Å²) in [4.78, 5) is 19.1. The Balaban J connectivity index is 1.57. The van der Waals surface area contributed by atoms with E-state index in [9.17, 15) is 9.18 Å². The van der Waals surface area contributed by atoms with E-state index in [0.29, 0.717) is 29.4 Å². The van der Waals surface area contributed by atoms with Gasteiger partial charge in [0.25, 0.3) is 5.91 Å². The predicted molar refractivity (Wildman–Crippen MR) is 100 cm³/mol. The second-order valence-corrected chi connectivity index (χ2v) is 6.81. The molecule has 0 unspecified atom stereocenters. The summed E-state index contributed by atoms with van der Waals surface area (Å²) in [7, 11) is 1.60. The highest BCUT2D eigenvalue weighted by Crippen LogP contribution is 2.33. The van der Waals surface area contributed by atoms with Crippen LogP contribution in [0, 0.1) is 12.7 Å². The lowest BCUT2D eigenvalue weighted by atomic mass is 10.1. The van der Waals surface area contributed by atoms with Crippen molar-refractivity contribution in [1.82, 2.24) is 15.0 Å². The molecule has 1 atom stereocenters. The first kappa shape index (κ1) is 18.2. The number of ether oxygens (including phenoxy) is 1. The lowest BCUT2D eigenvalue weighted by Gasteiger charge is -2.22. The highest BCUT2D eigenvalue weighted by atomic mass is 19.1. The summed E-state index contributed by atoms with van der Waals surface area (Å²) < 4.78 is 24.5. The number of likely N-dealkylation sites (tertiary alicyclic amines) is 1. The molecule has 1 fully saturated rings. The molecule has 7 heteroatoms. The second-order valence-electron chi connectivity index (χ2n) is 6.81. The number of hydrogen-bond acceptors (Lipinski definition) is 5. The first-order valence-corrected chi connectivity index (χ1v) is 9.12. The molecule has 0 bridgehead atoms. The molecule has 0 spiro atoms. The monoisotopic (exact) mass is 381 g/mol. The highest BCUT2D eigenvalue weighted by Gasteiger charge is 2.34. The zero-order valence-electron chi connectivity index (χ0n) is 15.7. The number of aromatic nitrogens is 2. The molecule has 28 heavy (non-hydrogen) atoms. The van der Waals surface area contributed by atoms with Crippen molar-refractivity contribution in [2.75, 3.05) is 13.7 Å². The van der Waals surface area contributed by atoms with Gasteiger partial charge in [-0.05, 0) is 61.7 Å².